The zero-order valence-electron chi connectivity index (χ0n) is 14.7. The summed E-state index contributed by atoms with van der Waals surface area (Å²) in [6.45, 7) is 8.50. The summed E-state index contributed by atoms with van der Waals surface area (Å²) in [5, 5.41) is 14.9. The van der Waals surface area contributed by atoms with Crippen molar-refractivity contribution < 1.29 is 0 Å². The van der Waals surface area contributed by atoms with Crippen LogP contribution >= 0.6 is 0 Å². The average molecular weight is 329 g/mol. The van der Waals surface area contributed by atoms with Gasteiger partial charge >= 0.3 is 0 Å². The molecule has 0 aliphatic heterocycles. The highest BCUT2D eigenvalue weighted by Gasteiger charge is 2.05. The first-order valence-electron chi connectivity index (χ1n) is 8.54. The summed E-state index contributed by atoms with van der Waals surface area (Å²) < 4.78 is 2.06. The maximum atomic E-state index is 4.63. The molecule has 130 valence electrons. The molecular weight excluding hydrogens is 302 g/mol. The first-order chi connectivity index (χ1) is 11.7. The number of aryl methyl sites for hydroxylation is 1. The van der Waals surface area contributed by atoms with E-state index in [0.717, 1.165) is 43.4 Å². The number of guanidine groups is 1. The molecule has 0 fully saturated rings. The van der Waals surface area contributed by atoms with Crippen LogP contribution in [0, 0.1) is 0 Å². The van der Waals surface area contributed by atoms with Crippen molar-refractivity contribution in [2.45, 2.75) is 52.7 Å². The van der Waals surface area contributed by atoms with Gasteiger partial charge in [-0.2, -0.15) is 0 Å². The molecule has 2 rings (SSSR count). The first-order valence-corrected chi connectivity index (χ1v) is 8.54. The molecule has 1 unspecified atom stereocenters. The molecule has 2 aromatic heterocycles. The molecule has 0 saturated carbocycles. The van der Waals surface area contributed by atoms with Gasteiger partial charge in [-0.25, -0.2) is 4.99 Å². The van der Waals surface area contributed by atoms with Crippen molar-refractivity contribution in [3.05, 3.63) is 42.2 Å². The normalized spacial score (nSPS) is 12.9. The van der Waals surface area contributed by atoms with Gasteiger partial charge in [0.1, 0.15) is 12.2 Å². The molecule has 0 aromatic carbocycles. The van der Waals surface area contributed by atoms with Gasteiger partial charge in [-0.15, -0.1) is 10.2 Å². The molecule has 0 aliphatic rings. The van der Waals surface area contributed by atoms with E-state index in [2.05, 4.69) is 56.1 Å². The summed E-state index contributed by atoms with van der Waals surface area (Å²) in [5.74, 6) is 1.81. The third kappa shape index (κ3) is 5.64. The molecule has 24 heavy (non-hydrogen) atoms. The van der Waals surface area contributed by atoms with Crippen LogP contribution in [-0.2, 0) is 19.5 Å². The van der Waals surface area contributed by atoms with Gasteiger partial charge in [0.15, 0.2) is 5.96 Å². The van der Waals surface area contributed by atoms with E-state index in [1.165, 1.54) is 0 Å². The molecule has 7 nitrogen and oxygen atoms in total. The van der Waals surface area contributed by atoms with E-state index in [-0.39, 0.29) is 0 Å². The van der Waals surface area contributed by atoms with Crippen molar-refractivity contribution in [1.82, 2.24) is 30.4 Å². The van der Waals surface area contributed by atoms with Gasteiger partial charge in [-0.1, -0.05) is 19.9 Å². The lowest BCUT2D eigenvalue weighted by Gasteiger charge is -2.17. The predicted molar refractivity (Wildman–Crippen MR) is 95.7 cm³/mol. The molecule has 2 heterocycles. The predicted octanol–water partition coefficient (Wildman–Crippen LogP) is 1.77. The number of nitrogens with zero attached hydrogens (tertiary/aromatic N) is 5. The highest BCUT2D eigenvalue weighted by atomic mass is 15.3. The van der Waals surface area contributed by atoms with Crippen molar-refractivity contribution >= 4 is 5.96 Å². The summed E-state index contributed by atoms with van der Waals surface area (Å²) in [4.78, 5) is 8.95. The molecule has 0 spiro atoms. The quantitative estimate of drug-likeness (QED) is 0.570. The van der Waals surface area contributed by atoms with E-state index in [1.54, 1.807) is 12.5 Å². The number of nitrogens with one attached hydrogen (secondary N) is 2. The van der Waals surface area contributed by atoms with Gasteiger partial charge in [-0.3, -0.25) is 4.98 Å². The lowest BCUT2D eigenvalue weighted by atomic mass is 10.3. The van der Waals surface area contributed by atoms with Crippen LogP contribution in [-0.4, -0.2) is 38.3 Å². The number of hydrogen-bond donors (Lipinski definition) is 2. The van der Waals surface area contributed by atoms with Gasteiger partial charge < -0.3 is 15.2 Å². The van der Waals surface area contributed by atoms with Crippen LogP contribution < -0.4 is 10.6 Å². The molecule has 0 amide bonds. The minimum absolute atomic E-state index is 0.362. The van der Waals surface area contributed by atoms with E-state index in [4.69, 9.17) is 0 Å². The Kier molecular flexibility index (Phi) is 7.20. The molecule has 0 bridgehead atoms. The third-order valence-electron chi connectivity index (χ3n) is 3.78. The Bertz CT molecular complexity index is 621. The smallest absolute Gasteiger partial charge is 0.191 e. The Balaban J connectivity index is 1.92. The van der Waals surface area contributed by atoms with E-state index < -0.39 is 0 Å². The van der Waals surface area contributed by atoms with Gasteiger partial charge in [0.25, 0.3) is 0 Å². The fourth-order valence-electron chi connectivity index (χ4n) is 2.17. The minimum atomic E-state index is 0.362. The van der Waals surface area contributed by atoms with Crippen LogP contribution in [0.1, 0.15) is 38.7 Å². The standard InChI is InChI=1S/C17H27N7/c1-4-14(3)22-17(20-12-15-8-6-7-9-18-15)19-10-11-24-13-21-23-16(24)5-2/h6-9,13-14H,4-5,10-12H2,1-3H3,(H2,19,20,22). The largest absolute Gasteiger partial charge is 0.355 e. The van der Waals surface area contributed by atoms with Crippen LogP contribution in [0.5, 0.6) is 0 Å². The summed E-state index contributed by atoms with van der Waals surface area (Å²) >= 11 is 0. The van der Waals surface area contributed by atoms with E-state index in [0.29, 0.717) is 12.6 Å². The van der Waals surface area contributed by atoms with Crippen molar-refractivity contribution in [2.75, 3.05) is 6.54 Å². The van der Waals surface area contributed by atoms with Gasteiger partial charge in [0, 0.05) is 31.7 Å². The number of aromatic nitrogens is 4. The second-order valence-corrected chi connectivity index (χ2v) is 5.66. The van der Waals surface area contributed by atoms with Crippen molar-refractivity contribution in [3.63, 3.8) is 0 Å². The SMILES string of the molecule is CCc1nncn1CCNC(=NCc1ccccn1)NC(C)CC. The number of hydrogen-bond acceptors (Lipinski definition) is 4. The van der Waals surface area contributed by atoms with E-state index in [1.807, 2.05) is 18.2 Å². The fraction of sp³-hybridized carbons (Fsp3) is 0.529. The summed E-state index contributed by atoms with van der Waals surface area (Å²) in [6, 6.07) is 6.23. The van der Waals surface area contributed by atoms with Crippen LogP contribution in [0.3, 0.4) is 0 Å². The fourth-order valence-corrected chi connectivity index (χ4v) is 2.17. The zero-order valence-corrected chi connectivity index (χ0v) is 14.7. The highest BCUT2D eigenvalue weighted by molar-refractivity contribution is 5.80. The molecule has 2 N–H and O–H groups in total. The number of rotatable bonds is 8. The second kappa shape index (κ2) is 9.64. The molecule has 1 atom stereocenters. The zero-order chi connectivity index (χ0) is 17.2. The molecule has 2 aromatic rings. The molecule has 7 heteroatoms. The lowest BCUT2D eigenvalue weighted by molar-refractivity contribution is 0.599. The van der Waals surface area contributed by atoms with E-state index >= 15 is 0 Å². The van der Waals surface area contributed by atoms with E-state index in [9.17, 15) is 0 Å². The van der Waals surface area contributed by atoms with Crippen LogP contribution in [0.15, 0.2) is 35.7 Å². The molecular formula is C17H27N7. The van der Waals surface area contributed by atoms with Crippen molar-refractivity contribution in [2.24, 2.45) is 4.99 Å². The number of aliphatic imine (C=N–C) groups is 1. The second-order valence-electron chi connectivity index (χ2n) is 5.66. The topological polar surface area (TPSA) is 80.0 Å². The molecule has 0 aliphatic carbocycles. The average Bonchev–Trinajstić information content (AvgIpc) is 3.07. The third-order valence-corrected chi connectivity index (χ3v) is 3.78. The summed E-state index contributed by atoms with van der Waals surface area (Å²) in [7, 11) is 0. The van der Waals surface area contributed by atoms with Crippen LogP contribution in [0.25, 0.3) is 0 Å². The minimum Gasteiger partial charge on any atom is -0.355 e. The summed E-state index contributed by atoms with van der Waals surface area (Å²) in [5.41, 5.74) is 0.954. The van der Waals surface area contributed by atoms with Crippen LogP contribution in [0.2, 0.25) is 0 Å². The maximum absolute atomic E-state index is 4.63. The van der Waals surface area contributed by atoms with Crippen LogP contribution in [0.4, 0.5) is 0 Å². The Hall–Kier alpha value is -2.44. The van der Waals surface area contributed by atoms with Crippen molar-refractivity contribution in [1.29, 1.82) is 0 Å². The van der Waals surface area contributed by atoms with Gasteiger partial charge in [-0.05, 0) is 25.5 Å². The summed E-state index contributed by atoms with van der Waals surface area (Å²) in [6.07, 6.45) is 5.48. The lowest BCUT2D eigenvalue weighted by Crippen LogP contribution is -2.43. The Morgan fingerprint density at radius 3 is 2.92 bits per heavy atom. The maximum Gasteiger partial charge on any atom is 0.191 e. The first kappa shape index (κ1) is 17.9. The Morgan fingerprint density at radius 1 is 1.33 bits per heavy atom. The van der Waals surface area contributed by atoms with Crippen molar-refractivity contribution in [3.8, 4) is 0 Å². The Labute approximate surface area is 143 Å². The monoisotopic (exact) mass is 329 g/mol. The molecule has 0 saturated heterocycles. The van der Waals surface area contributed by atoms with Gasteiger partial charge in [0.2, 0.25) is 0 Å². The Morgan fingerprint density at radius 2 is 2.21 bits per heavy atom. The molecule has 0 radical (unpaired) electrons. The highest BCUT2D eigenvalue weighted by Crippen LogP contribution is 1.97. The van der Waals surface area contributed by atoms with Gasteiger partial charge in [0.05, 0.1) is 12.2 Å². The number of pyridine rings is 1.